The molecule has 2 aromatic heterocycles. The standard InChI is InChI=1S/C16H17N3O3S/c1-8-2-4-10-11(6-8)23-16(13(10)14(17)21)19-15(22)9-3-5-12(20)18-7-9/h3,5,7-8H,2,4,6H2,1H3,(H2,17,21)(H,18,20)(H,19,22)/t8-/m0/s1. The molecule has 1 atom stereocenters. The molecule has 1 aliphatic rings. The molecule has 1 aliphatic carbocycles. The van der Waals surface area contributed by atoms with E-state index in [-0.39, 0.29) is 11.5 Å². The van der Waals surface area contributed by atoms with E-state index >= 15 is 0 Å². The molecule has 7 heteroatoms. The predicted molar refractivity (Wildman–Crippen MR) is 89.0 cm³/mol. The minimum absolute atomic E-state index is 0.278. The predicted octanol–water partition coefficient (Wildman–Crippen LogP) is 1.91. The van der Waals surface area contributed by atoms with Crippen molar-refractivity contribution < 1.29 is 9.59 Å². The Bertz CT molecular complexity index is 817. The van der Waals surface area contributed by atoms with E-state index in [0.717, 1.165) is 29.7 Å². The summed E-state index contributed by atoms with van der Waals surface area (Å²) in [6, 6.07) is 2.72. The van der Waals surface area contributed by atoms with Crippen LogP contribution in [0.25, 0.3) is 0 Å². The maximum atomic E-state index is 12.3. The molecule has 0 radical (unpaired) electrons. The van der Waals surface area contributed by atoms with Gasteiger partial charge >= 0.3 is 0 Å². The average molecular weight is 331 g/mol. The lowest BCUT2D eigenvalue weighted by molar-refractivity contribution is 0.1000. The zero-order valence-corrected chi connectivity index (χ0v) is 13.5. The number of carbonyl (C=O) groups is 2. The van der Waals surface area contributed by atoms with E-state index in [4.69, 9.17) is 5.73 Å². The summed E-state index contributed by atoms with van der Waals surface area (Å²) in [5.74, 6) is -0.339. The molecule has 2 amide bonds. The van der Waals surface area contributed by atoms with Crippen molar-refractivity contribution in [3.63, 3.8) is 0 Å². The van der Waals surface area contributed by atoms with E-state index in [2.05, 4.69) is 17.2 Å². The first-order valence-corrected chi connectivity index (χ1v) is 8.21. The van der Waals surface area contributed by atoms with E-state index in [9.17, 15) is 14.4 Å². The Balaban J connectivity index is 1.93. The number of fused-ring (bicyclic) bond motifs is 1. The summed E-state index contributed by atoms with van der Waals surface area (Å²) in [4.78, 5) is 38.8. The lowest BCUT2D eigenvalue weighted by Crippen LogP contribution is -2.19. The number of amides is 2. The first-order chi connectivity index (χ1) is 11.0. The lowest BCUT2D eigenvalue weighted by Gasteiger charge is -2.18. The molecule has 0 bridgehead atoms. The minimum Gasteiger partial charge on any atom is -0.365 e. The lowest BCUT2D eigenvalue weighted by atomic mass is 9.88. The number of thiophene rings is 1. The van der Waals surface area contributed by atoms with Gasteiger partial charge in [0.2, 0.25) is 5.56 Å². The maximum Gasteiger partial charge on any atom is 0.257 e. The van der Waals surface area contributed by atoms with Crippen molar-refractivity contribution >= 4 is 28.2 Å². The number of carbonyl (C=O) groups excluding carboxylic acids is 2. The largest absolute Gasteiger partial charge is 0.365 e. The number of aromatic nitrogens is 1. The highest BCUT2D eigenvalue weighted by atomic mass is 32.1. The smallest absolute Gasteiger partial charge is 0.257 e. The van der Waals surface area contributed by atoms with Gasteiger partial charge in [-0.25, -0.2) is 0 Å². The third kappa shape index (κ3) is 3.05. The van der Waals surface area contributed by atoms with Gasteiger partial charge in [-0.2, -0.15) is 0 Å². The van der Waals surface area contributed by atoms with Crippen molar-refractivity contribution in [2.45, 2.75) is 26.2 Å². The molecule has 0 aliphatic heterocycles. The van der Waals surface area contributed by atoms with E-state index in [0.29, 0.717) is 22.0 Å². The molecule has 0 saturated carbocycles. The van der Waals surface area contributed by atoms with Crippen LogP contribution in [0.4, 0.5) is 5.00 Å². The van der Waals surface area contributed by atoms with Crippen molar-refractivity contribution in [2.75, 3.05) is 5.32 Å². The molecule has 4 N–H and O–H groups in total. The summed E-state index contributed by atoms with van der Waals surface area (Å²) in [7, 11) is 0. The number of nitrogens with two attached hydrogens (primary N) is 1. The van der Waals surface area contributed by atoms with Gasteiger partial charge in [0.25, 0.3) is 11.8 Å². The fourth-order valence-corrected chi connectivity index (χ4v) is 4.24. The van der Waals surface area contributed by atoms with E-state index in [1.807, 2.05) is 0 Å². The van der Waals surface area contributed by atoms with Crippen LogP contribution >= 0.6 is 11.3 Å². The van der Waals surface area contributed by atoms with Crippen LogP contribution in [0, 0.1) is 5.92 Å². The quantitative estimate of drug-likeness (QED) is 0.800. The van der Waals surface area contributed by atoms with Crippen molar-refractivity contribution in [3.8, 4) is 0 Å². The molecule has 120 valence electrons. The second-order valence-corrected chi connectivity index (χ2v) is 6.92. The highest BCUT2D eigenvalue weighted by Gasteiger charge is 2.27. The van der Waals surface area contributed by atoms with E-state index in [1.54, 1.807) is 0 Å². The summed E-state index contributed by atoms with van der Waals surface area (Å²) in [5, 5.41) is 3.25. The molecule has 0 saturated heterocycles. The molecule has 0 unspecified atom stereocenters. The average Bonchev–Trinajstić information content (AvgIpc) is 2.84. The fourth-order valence-electron chi connectivity index (χ4n) is 2.83. The maximum absolute atomic E-state index is 12.3. The van der Waals surface area contributed by atoms with Gasteiger partial charge in [-0.1, -0.05) is 6.92 Å². The fraction of sp³-hybridized carbons (Fsp3) is 0.312. The number of aromatic amines is 1. The van der Waals surface area contributed by atoms with Crippen LogP contribution in [0.3, 0.4) is 0 Å². The molecule has 2 aromatic rings. The van der Waals surface area contributed by atoms with Gasteiger partial charge in [0.1, 0.15) is 5.00 Å². The molecule has 0 fully saturated rings. The molecule has 0 aromatic carbocycles. The Morgan fingerprint density at radius 2 is 2.17 bits per heavy atom. The third-order valence-electron chi connectivity index (χ3n) is 4.03. The van der Waals surface area contributed by atoms with Gasteiger partial charge in [-0.3, -0.25) is 14.4 Å². The number of primary amides is 1. The Morgan fingerprint density at radius 3 is 2.83 bits per heavy atom. The van der Waals surface area contributed by atoms with Crippen LogP contribution in [0.15, 0.2) is 23.1 Å². The molecule has 0 spiro atoms. The Hall–Kier alpha value is -2.41. The highest BCUT2D eigenvalue weighted by molar-refractivity contribution is 7.17. The summed E-state index contributed by atoms with van der Waals surface area (Å²) in [6.07, 6.45) is 4.06. The summed E-state index contributed by atoms with van der Waals surface area (Å²) in [5.41, 5.74) is 6.96. The Morgan fingerprint density at radius 1 is 1.39 bits per heavy atom. The number of anilines is 1. The zero-order valence-electron chi connectivity index (χ0n) is 12.6. The van der Waals surface area contributed by atoms with Gasteiger partial charge in [-0.05, 0) is 36.8 Å². The van der Waals surface area contributed by atoms with Crippen molar-refractivity contribution in [2.24, 2.45) is 11.7 Å². The second kappa shape index (κ2) is 6.00. The van der Waals surface area contributed by atoms with E-state index in [1.165, 1.54) is 29.7 Å². The highest BCUT2D eigenvalue weighted by Crippen LogP contribution is 2.39. The SMILES string of the molecule is C[C@H]1CCc2c(sc(NC(=O)c3ccc(=O)[nH]c3)c2C(N)=O)C1. The number of nitrogens with one attached hydrogen (secondary N) is 2. The molecular formula is C16H17N3O3S. The van der Waals surface area contributed by atoms with Crippen molar-refractivity contribution in [1.82, 2.24) is 4.98 Å². The van der Waals surface area contributed by atoms with Crippen LogP contribution in [-0.4, -0.2) is 16.8 Å². The molecular weight excluding hydrogens is 314 g/mol. The zero-order chi connectivity index (χ0) is 16.6. The van der Waals surface area contributed by atoms with E-state index < -0.39 is 5.91 Å². The van der Waals surface area contributed by atoms with Crippen molar-refractivity contribution in [3.05, 3.63) is 50.3 Å². The van der Waals surface area contributed by atoms with Crippen LogP contribution < -0.4 is 16.6 Å². The minimum atomic E-state index is -0.520. The summed E-state index contributed by atoms with van der Waals surface area (Å²) >= 11 is 1.42. The molecule has 3 rings (SSSR count). The number of hydrogen-bond donors (Lipinski definition) is 3. The number of rotatable bonds is 3. The second-order valence-electron chi connectivity index (χ2n) is 5.82. The first-order valence-electron chi connectivity index (χ1n) is 7.40. The van der Waals surface area contributed by atoms with Crippen LogP contribution in [-0.2, 0) is 12.8 Å². The van der Waals surface area contributed by atoms with Crippen LogP contribution in [0.1, 0.15) is 44.5 Å². The normalized spacial score (nSPS) is 16.7. The topological polar surface area (TPSA) is 105 Å². The van der Waals surface area contributed by atoms with Crippen molar-refractivity contribution in [1.29, 1.82) is 0 Å². The van der Waals surface area contributed by atoms with Gasteiger partial charge < -0.3 is 16.0 Å². The number of pyridine rings is 1. The monoisotopic (exact) mass is 331 g/mol. The van der Waals surface area contributed by atoms with Gasteiger partial charge in [0.15, 0.2) is 0 Å². The Labute approximate surface area is 136 Å². The number of H-pyrrole nitrogens is 1. The van der Waals surface area contributed by atoms with Gasteiger partial charge in [-0.15, -0.1) is 11.3 Å². The third-order valence-corrected chi connectivity index (χ3v) is 5.20. The number of hydrogen-bond acceptors (Lipinski definition) is 4. The van der Waals surface area contributed by atoms with Crippen LogP contribution in [0.5, 0.6) is 0 Å². The molecule has 23 heavy (non-hydrogen) atoms. The molecule has 2 heterocycles. The Kier molecular flexibility index (Phi) is 4.04. The summed E-state index contributed by atoms with van der Waals surface area (Å²) in [6.45, 7) is 2.17. The van der Waals surface area contributed by atoms with Gasteiger partial charge in [0.05, 0.1) is 11.1 Å². The van der Waals surface area contributed by atoms with Gasteiger partial charge in [0, 0.05) is 17.1 Å². The first kappa shape index (κ1) is 15.5. The summed E-state index contributed by atoms with van der Waals surface area (Å²) < 4.78 is 0. The molecule has 6 nitrogen and oxygen atoms in total. The van der Waals surface area contributed by atoms with Crippen LogP contribution in [0.2, 0.25) is 0 Å².